The van der Waals surface area contributed by atoms with E-state index >= 15 is 0 Å². The highest BCUT2D eigenvalue weighted by Crippen LogP contribution is 2.24. The van der Waals surface area contributed by atoms with Crippen molar-refractivity contribution in [3.63, 3.8) is 0 Å². The quantitative estimate of drug-likeness (QED) is 0.774. The third-order valence-electron chi connectivity index (χ3n) is 3.70. The van der Waals surface area contributed by atoms with Crippen molar-refractivity contribution < 1.29 is 19.4 Å². The maximum atomic E-state index is 11.1. The molecule has 2 saturated heterocycles. The lowest BCUT2D eigenvalue weighted by molar-refractivity contribution is -0.149. The number of carbonyl (C=O) groups excluding carboxylic acids is 1. The van der Waals surface area contributed by atoms with Gasteiger partial charge in [-0.1, -0.05) is 0 Å². The normalized spacial score (nSPS) is 31.4. The summed E-state index contributed by atoms with van der Waals surface area (Å²) >= 11 is 0. The molecule has 0 radical (unpaired) electrons. The zero-order valence-corrected chi connectivity index (χ0v) is 9.93. The van der Waals surface area contributed by atoms with Gasteiger partial charge < -0.3 is 14.7 Å². The van der Waals surface area contributed by atoms with E-state index in [0.29, 0.717) is 38.3 Å². The first-order chi connectivity index (χ1) is 8.16. The molecule has 0 amide bonds. The summed E-state index contributed by atoms with van der Waals surface area (Å²) in [4.78, 5) is 24.4. The lowest BCUT2D eigenvalue weighted by atomic mass is 9.87. The molecule has 17 heavy (non-hydrogen) atoms. The van der Waals surface area contributed by atoms with Crippen molar-refractivity contribution in [1.82, 2.24) is 4.90 Å². The molecule has 1 N–H and O–H groups in total. The molecule has 0 aromatic carbocycles. The Morgan fingerprint density at radius 2 is 2.12 bits per heavy atom. The zero-order valence-electron chi connectivity index (χ0n) is 9.93. The smallest absolute Gasteiger partial charge is 0.307 e. The number of rotatable bonds is 3. The lowest BCUT2D eigenvalue weighted by Gasteiger charge is -2.34. The molecule has 2 aliphatic rings. The van der Waals surface area contributed by atoms with E-state index in [-0.39, 0.29) is 11.8 Å². The minimum Gasteiger partial charge on any atom is -0.481 e. The second-order valence-corrected chi connectivity index (χ2v) is 4.91. The molecular weight excluding hydrogens is 222 g/mol. The Morgan fingerprint density at radius 3 is 2.76 bits per heavy atom. The Hall–Kier alpha value is -0.940. The number of hydrogen-bond acceptors (Lipinski definition) is 4. The molecule has 2 aliphatic heterocycles. The number of carbonyl (C=O) groups is 2. The number of likely N-dealkylation sites (tertiary alicyclic amines) is 1. The fourth-order valence-electron chi connectivity index (χ4n) is 2.62. The van der Waals surface area contributed by atoms with Crippen LogP contribution in [0, 0.1) is 11.8 Å². The van der Waals surface area contributed by atoms with Gasteiger partial charge in [-0.25, -0.2) is 0 Å². The second-order valence-electron chi connectivity index (χ2n) is 4.91. The summed E-state index contributed by atoms with van der Waals surface area (Å²) in [6.07, 6.45) is 1.81. The molecule has 0 saturated carbocycles. The first-order valence-corrected chi connectivity index (χ1v) is 6.21. The molecule has 2 fully saturated rings. The summed E-state index contributed by atoms with van der Waals surface area (Å²) in [5.74, 6) is -0.627. The highest BCUT2D eigenvalue weighted by Gasteiger charge is 2.33. The highest BCUT2D eigenvalue weighted by atomic mass is 16.5. The Morgan fingerprint density at radius 1 is 1.41 bits per heavy atom. The van der Waals surface area contributed by atoms with E-state index in [4.69, 9.17) is 9.84 Å². The SMILES string of the molecule is O=C1CCN(CC2COCCC2C(=O)O)CC1. The molecule has 96 valence electrons. The highest BCUT2D eigenvalue weighted by molar-refractivity contribution is 5.79. The molecule has 0 aliphatic carbocycles. The first-order valence-electron chi connectivity index (χ1n) is 6.21. The van der Waals surface area contributed by atoms with Gasteiger partial charge in [0.1, 0.15) is 5.78 Å². The van der Waals surface area contributed by atoms with Gasteiger partial charge in [0.05, 0.1) is 12.5 Å². The van der Waals surface area contributed by atoms with E-state index < -0.39 is 5.97 Å². The van der Waals surface area contributed by atoms with Crippen LogP contribution in [0.1, 0.15) is 19.3 Å². The van der Waals surface area contributed by atoms with E-state index in [1.54, 1.807) is 0 Å². The number of aliphatic carboxylic acids is 1. The van der Waals surface area contributed by atoms with Gasteiger partial charge in [0.2, 0.25) is 0 Å². The first kappa shape index (κ1) is 12.5. The number of nitrogens with zero attached hydrogens (tertiary/aromatic N) is 1. The van der Waals surface area contributed by atoms with E-state index in [0.717, 1.165) is 19.6 Å². The van der Waals surface area contributed by atoms with Crippen molar-refractivity contribution in [2.24, 2.45) is 11.8 Å². The Kier molecular flexibility index (Phi) is 4.12. The third-order valence-corrected chi connectivity index (χ3v) is 3.70. The van der Waals surface area contributed by atoms with Crippen LogP contribution >= 0.6 is 0 Å². The Labute approximate surface area is 101 Å². The van der Waals surface area contributed by atoms with Crippen LogP contribution in [0.25, 0.3) is 0 Å². The van der Waals surface area contributed by atoms with Crippen molar-refractivity contribution >= 4 is 11.8 Å². The molecule has 5 nitrogen and oxygen atoms in total. The maximum Gasteiger partial charge on any atom is 0.307 e. The van der Waals surface area contributed by atoms with E-state index in [1.807, 2.05) is 0 Å². The van der Waals surface area contributed by atoms with Gasteiger partial charge in [0, 0.05) is 45.0 Å². The summed E-state index contributed by atoms with van der Waals surface area (Å²) in [5.41, 5.74) is 0. The number of hydrogen-bond donors (Lipinski definition) is 1. The number of carboxylic acids is 1. The lowest BCUT2D eigenvalue weighted by Crippen LogP contribution is -2.44. The number of piperidine rings is 1. The number of ether oxygens (including phenoxy) is 1. The topological polar surface area (TPSA) is 66.8 Å². The van der Waals surface area contributed by atoms with Crippen LogP contribution < -0.4 is 0 Å². The molecule has 0 bridgehead atoms. The van der Waals surface area contributed by atoms with Gasteiger partial charge in [-0.3, -0.25) is 9.59 Å². The predicted octanol–water partition coefficient (Wildman–Crippen LogP) is 0.389. The summed E-state index contributed by atoms with van der Waals surface area (Å²) < 4.78 is 5.37. The molecule has 5 heteroatoms. The van der Waals surface area contributed by atoms with Gasteiger partial charge in [0.25, 0.3) is 0 Å². The summed E-state index contributed by atoms with van der Waals surface area (Å²) in [5, 5.41) is 9.15. The second kappa shape index (κ2) is 5.60. The summed E-state index contributed by atoms with van der Waals surface area (Å²) in [6.45, 7) is 3.35. The predicted molar refractivity (Wildman–Crippen MR) is 60.7 cm³/mol. The van der Waals surface area contributed by atoms with Crippen molar-refractivity contribution in [2.45, 2.75) is 19.3 Å². The standard InChI is InChI=1S/C12H19NO4/c14-10-1-4-13(5-2-10)7-9-8-17-6-3-11(9)12(15)16/h9,11H,1-8H2,(H,15,16). The molecule has 0 aromatic rings. The monoisotopic (exact) mass is 241 g/mol. The van der Waals surface area contributed by atoms with Crippen LogP contribution in [0.15, 0.2) is 0 Å². The van der Waals surface area contributed by atoms with Crippen LogP contribution in [-0.4, -0.2) is 54.6 Å². The molecule has 0 aromatic heterocycles. The molecule has 2 heterocycles. The van der Waals surface area contributed by atoms with Gasteiger partial charge in [0.15, 0.2) is 0 Å². The van der Waals surface area contributed by atoms with E-state index in [9.17, 15) is 9.59 Å². The minimum absolute atomic E-state index is 0.0643. The van der Waals surface area contributed by atoms with Gasteiger partial charge in [-0.2, -0.15) is 0 Å². The van der Waals surface area contributed by atoms with Crippen LogP contribution in [0.4, 0.5) is 0 Å². The van der Waals surface area contributed by atoms with Gasteiger partial charge in [-0.15, -0.1) is 0 Å². The van der Waals surface area contributed by atoms with Crippen LogP contribution in [0.5, 0.6) is 0 Å². The van der Waals surface area contributed by atoms with Crippen molar-refractivity contribution in [3.05, 3.63) is 0 Å². The Balaban J connectivity index is 1.87. The maximum absolute atomic E-state index is 11.1. The largest absolute Gasteiger partial charge is 0.481 e. The molecule has 2 rings (SSSR count). The van der Waals surface area contributed by atoms with E-state index in [1.165, 1.54) is 0 Å². The van der Waals surface area contributed by atoms with Gasteiger partial charge in [-0.05, 0) is 6.42 Å². The average Bonchev–Trinajstić information content (AvgIpc) is 2.32. The zero-order chi connectivity index (χ0) is 12.3. The Bertz CT molecular complexity index is 295. The number of Topliss-reactive ketones (excluding diaryl/α,β-unsaturated/α-hetero) is 1. The summed E-state index contributed by atoms with van der Waals surface area (Å²) in [6, 6.07) is 0. The minimum atomic E-state index is -0.716. The van der Waals surface area contributed by atoms with Crippen LogP contribution in [0.2, 0.25) is 0 Å². The van der Waals surface area contributed by atoms with Gasteiger partial charge >= 0.3 is 5.97 Å². The van der Waals surface area contributed by atoms with Crippen LogP contribution in [-0.2, 0) is 14.3 Å². The fraction of sp³-hybridized carbons (Fsp3) is 0.833. The number of carboxylic acid groups (broad SMARTS) is 1. The van der Waals surface area contributed by atoms with Crippen molar-refractivity contribution in [3.8, 4) is 0 Å². The molecule has 2 atom stereocenters. The van der Waals surface area contributed by atoms with Crippen molar-refractivity contribution in [1.29, 1.82) is 0 Å². The molecular formula is C12H19NO4. The van der Waals surface area contributed by atoms with E-state index in [2.05, 4.69) is 4.90 Å². The van der Waals surface area contributed by atoms with Crippen LogP contribution in [0.3, 0.4) is 0 Å². The molecule has 2 unspecified atom stereocenters. The van der Waals surface area contributed by atoms with Crippen molar-refractivity contribution in [2.75, 3.05) is 32.8 Å². The average molecular weight is 241 g/mol. The third kappa shape index (κ3) is 3.26. The fourth-order valence-corrected chi connectivity index (χ4v) is 2.62. The number of ketones is 1. The molecule has 0 spiro atoms. The summed E-state index contributed by atoms with van der Waals surface area (Å²) in [7, 11) is 0.